The number of amides is 3. The van der Waals surface area contributed by atoms with Crippen LogP contribution in [0, 0.1) is 0 Å². The van der Waals surface area contributed by atoms with Gasteiger partial charge >= 0.3 is 6.03 Å². The van der Waals surface area contributed by atoms with E-state index in [0.717, 1.165) is 6.42 Å². The van der Waals surface area contributed by atoms with Gasteiger partial charge in [0.15, 0.2) is 11.5 Å². The minimum Gasteiger partial charge on any atom is -0.490 e. The van der Waals surface area contributed by atoms with Gasteiger partial charge in [-0.05, 0) is 60.7 Å². The number of fused-ring (bicyclic) bond motifs is 1. The number of anilines is 3. The van der Waals surface area contributed by atoms with Crippen LogP contribution in [0.5, 0.6) is 11.5 Å². The number of primary amides is 1. The van der Waals surface area contributed by atoms with Crippen LogP contribution < -0.4 is 30.6 Å². The van der Waals surface area contributed by atoms with Crippen molar-refractivity contribution >= 4 is 39.0 Å². The number of sulfonamides is 1. The van der Waals surface area contributed by atoms with E-state index in [4.69, 9.17) is 15.2 Å². The number of benzene rings is 3. The normalized spacial score (nSPS) is 12.8. The van der Waals surface area contributed by atoms with Crippen molar-refractivity contribution in [3.8, 4) is 11.5 Å². The Morgan fingerprint density at radius 3 is 2.03 bits per heavy atom. The van der Waals surface area contributed by atoms with Crippen molar-refractivity contribution in [2.45, 2.75) is 11.3 Å². The van der Waals surface area contributed by atoms with Crippen molar-refractivity contribution in [3.63, 3.8) is 0 Å². The van der Waals surface area contributed by atoms with Gasteiger partial charge in [0.1, 0.15) is 0 Å². The molecule has 1 heterocycles. The number of hydrogen-bond acceptors (Lipinski definition) is 6. The molecule has 11 heteroatoms. The largest absolute Gasteiger partial charge is 0.490 e. The average Bonchev–Trinajstić information content (AvgIpc) is 3.05. The van der Waals surface area contributed by atoms with Gasteiger partial charge in [0.25, 0.3) is 15.9 Å². The summed E-state index contributed by atoms with van der Waals surface area (Å²) in [5.41, 5.74) is 6.70. The maximum atomic E-state index is 12.8. The highest BCUT2D eigenvalue weighted by molar-refractivity contribution is 7.92. The lowest BCUT2D eigenvalue weighted by Crippen LogP contribution is -2.19. The van der Waals surface area contributed by atoms with E-state index < -0.39 is 16.1 Å². The molecule has 176 valence electrons. The van der Waals surface area contributed by atoms with Crippen LogP contribution in [0.25, 0.3) is 0 Å². The fraction of sp³-hybridized carbons (Fsp3) is 0.130. The van der Waals surface area contributed by atoms with Gasteiger partial charge in [0.2, 0.25) is 0 Å². The molecule has 0 bridgehead atoms. The number of carbonyl (C=O) groups excluding carboxylic acids is 2. The second-order valence-electron chi connectivity index (χ2n) is 7.36. The van der Waals surface area contributed by atoms with E-state index in [-0.39, 0.29) is 10.8 Å². The molecule has 3 aromatic carbocycles. The summed E-state index contributed by atoms with van der Waals surface area (Å²) < 4.78 is 39.2. The summed E-state index contributed by atoms with van der Waals surface area (Å²) in [4.78, 5) is 23.3. The monoisotopic (exact) mass is 482 g/mol. The Labute approximate surface area is 196 Å². The highest BCUT2D eigenvalue weighted by atomic mass is 32.2. The first-order valence-electron chi connectivity index (χ1n) is 10.3. The first-order chi connectivity index (χ1) is 16.3. The maximum Gasteiger partial charge on any atom is 0.316 e. The van der Waals surface area contributed by atoms with E-state index in [2.05, 4.69) is 15.4 Å². The molecule has 0 spiro atoms. The summed E-state index contributed by atoms with van der Waals surface area (Å²) in [6, 6.07) is 16.2. The molecule has 0 atom stereocenters. The van der Waals surface area contributed by atoms with Gasteiger partial charge in [-0.1, -0.05) is 0 Å². The topological polar surface area (TPSA) is 149 Å². The van der Waals surface area contributed by atoms with Gasteiger partial charge < -0.3 is 25.8 Å². The van der Waals surface area contributed by atoms with Crippen LogP contribution in [0.3, 0.4) is 0 Å². The summed E-state index contributed by atoms with van der Waals surface area (Å²) >= 11 is 0. The van der Waals surface area contributed by atoms with Crippen molar-refractivity contribution in [3.05, 3.63) is 72.3 Å². The van der Waals surface area contributed by atoms with Crippen molar-refractivity contribution in [2.75, 3.05) is 28.6 Å². The van der Waals surface area contributed by atoms with Gasteiger partial charge in [0.05, 0.1) is 18.1 Å². The predicted molar refractivity (Wildman–Crippen MR) is 127 cm³/mol. The number of carbonyl (C=O) groups is 2. The molecule has 3 amide bonds. The van der Waals surface area contributed by atoms with Gasteiger partial charge in [-0.15, -0.1) is 0 Å². The van der Waals surface area contributed by atoms with E-state index in [0.29, 0.717) is 47.3 Å². The zero-order valence-corrected chi connectivity index (χ0v) is 18.7. The maximum absolute atomic E-state index is 12.8. The van der Waals surface area contributed by atoms with Gasteiger partial charge in [-0.2, -0.15) is 0 Å². The van der Waals surface area contributed by atoms with Crippen LogP contribution in [0.1, 0.15) is 16.8 Å². The van der Waals surface area contributed by atoms with E-state index in [1.165, 1.54) is 24.3 Å². The lowest BCUT2D eigenvalue weighted by molar-refractivity contribution is 0.102. The first kappa shape index (κ1) is 22.9. The zero-order chi connectivity index (χ0) is 24.1. The fourth-order valence-corrected chi connectivity index (χ4v) is 4.27. The second kappa shape index (κ2) is 9.71. The Kier molecular flexibility index (Phi) is 6.55. The molecular weight excluding hydrogens is 460 g/mol. The number of ether oxygens (including phenoxy) is 2. The average molecular weight is 483 g/mol. The molecule has 0 radical (unpaired) electrons. The van der Waals surface area contributed by atoms with Crippen LogP contribution in [-0.4, -0.2) is 33.6 Å². The lowest BCUT2D eigenvalue weighted by Gasteiger charge is -2.12. The van der Waals surface area contributed by atoms with Crippen LogP contribution >= 0.6 is 0 Å². The standard InChI is InChI=1S/C23H22N4O6S/c24-23(29)26-17-4-2-15(3-5-17)22(28)25-16-6-8-18(9-7-16)27-34(30,31)19-10-11-20-21(14-19)33-13-1-12-32-20/h2-11,14,27H,1,12-13H2,(H,25,28)(H3,24,26,29). The molecule has 3 aromatic rings. The number of nitrogens with one attached hydrogen (secondary N) is 3. The molecule has 1 aliphatic rings. The molecule has 0 aromatic heterocycles. The van der Waals surface area contributed by atoms with E-state index >= 15 is 0 Å². The fourth-order valence-electron chi connectivity index (χ4n) is 3.20. The van der Waals surface area contributed by atoms with Crippen molar-refractivity contribution in [2.24, 2.45) is 5.73 Å². The Hall–Kier alpha value is -4.25. The number of urea groups is 1. The van der Waals surface area contributed by atoms with Crippen molar-refractivity contribution in [1.82, 2.24) is 0 Å². The summed E-state index contributed by atoms with van der Waals surface area (Å²) in [7, 11) is -3.86. The van der Waals surface area contributed by atoms with E-state index in [1.807, 2.05) is 0 Å². The van der Waals surface area contributed by atoms with Crippen LogP contribution in [0.15, 0.2) is 71.6 Å². The van der Waals surface area contributed by atoms with Crippen LogP contribution in [-0.2, 0) is 10.0 Å². The third kappa shape index (κ3) is 5.56. The van der Waals surface area contributed by atoms with E-state index in [9.17, 15) is 18.0 Å². The molecule has 1 aliphatic heterocycles. The molecule has 4 rings (SSSR count). The Morgan fingerprint density at radius 2 is 1.35 bits per heavy atom. The van der Waals surface area contributed by atoms with Crippen molar-refractivity contribution < 1.29 is 27.5 Å². The first-order valence-corrected chi connectivity index (χ1v) is 11.8. The molecule has 0 saturated carbocycles. The molecule has 34 heavy (non-hydrogen) atoms. The van der Waals surface area contributed by atoms with E-state index in [1.54, 1.807) is 42.5 Å². The Bertz CT molecular complexity index is 1310. The summed E-state index contributed by atoms with van der Waals surface area (Å²) in [6.45, 7) is 0.962. The molecule has 0 saturated heterocycles. The molecule has 0 aliphatic carbocycles. The molecule has 0 unspecified atom stereocenters. The highest BCUT2D eigenvalue weighted by Gasteiger charge is 2.19. The number of hydrogen-bond donors (Lipinski definition) is 4. The van der Waals surface area contributed by atoms with Crippen LogP contribution in [0.2, 0.25) is 0 Å². The summed E-state index contributed by atoms with van der Waals surface area (Å²) in [5.74, 6) is 0.526. The molecular formula is C23H22N4O6S. The minimum atomic E-state index is -3.86. The number of nitrogens with two attached hydrogens (primary N) is 1. The molecule has 0 fully saturated rings. The predicted octanol–water partition coefficient (Wildman–Crippen LogP) is 3.39. The zero-order valence-electron chi connectivity index (χ0n) is 17.9. The second-order valence-corrected chi connectivity index (χ2v) is 9.04. The minimum absolute atomic E-state index is 0.0448. The summed E-state index contributed by atoms with van der Waals surface area (Å²) in [5, 5.41) is 5.13. The SMILES string of the molecule is NC(=O)Nc1ccc(C(=O)Nc2ccc(NS(=O)(=O)c3ccc4c(c3)OCCCO4)cc2)cc1. The molecule has 10 nitrogen and oxygen atoms in total. The van der Waals surface area contributed by atoms with Crippen LogP contribution in [0.4, 0.5) is 21.9 Å². The lowest BCUT2D eigenvalue weighted by atomic mass is 10.2. The quantitative estimate of drug-likeness (QED) is 0.423. The summed E-state index contributed by atoms with van der Waals surface area (Å²) in [6.07, 6.45) is 0.718. The van der Waals surface area contributed by atoms with Crippen molar-refractivity contribution in [1.29, 1.82) is 0 Å². The van der Waals surface area contributed by atoms with Gasteiger partial charge in [-0.3, -0.25) is 9.52 Å². The third-order valence-electron chi connectivity index (χ3n) is 4.84. The number of rotatable bonds is 6. The third-order valence-corrected chi connectivity index (χ3v) is 6.22. The Balaban J connectivity index is 1.41. The Morgan fingerprint density at radius 1 is 0.765 bits per heavy atom. The molecule has 5 N–H and O–H groups in total. The highest BCUT2D eigenvalue weighted by Crippen LogP contribution is 2.32. The van der Waals surface area contributed by atoms with Gasteiger partial charge in [-0.25, -0.2) is 13.2 Å². The smallest absolute Gasteiger partial charge is 0.316 e. The van der Waals surface area contributed by atoms with Gasteiger partial charge in [0, 0.05) is 35.1 Å².